The summed E-state index contributed by atoms with van der Waals surface area (Å²) in [6.07, 6.45) is 5.34. The molecule has 0 radical (unpaired) electrons. The molecule has 0 aliphatic carbocycles. The minimum atomic E-state index is -1.22. The number of aliphatic hydroxyl groups is 1. The number of rotatable bonds is 2. The number of fused-ring (bicyclic) bond motifs is 1. The van der Waals surface area contributed by atoms with Crippen LogP contribution in [0, 0.1) is 5.92 Å². The van der Waals surface area contributed by atoms with Gasteiger partial charge in [0.15, 0.2) is 11.2 Å². The highest BCUT2D eigenvalue weighted by Gasteiger charge is 2.50. The van der Waals surface area contributed by atoms with Crippen molar-refractivity contribution in [3.05, 3.63) is 27.2 Å². The molecule has 0 unspecified atom stereocenters. The summed E-state index contributed by atoms with van der Waals surface area (Å²) in [6, 6.07) is -0.457. The van der Waals surface area contributed by atoms with Crippen molar-refractivity contribution in [1.82, 2.24) is 28.9 Å². The highest BCUT2D eigenvalue weighted by molar-refractivity contribution is 5.79. The molecule has 0 aromatic carbocycles. The second-order valence-corrected chi connectivity index (χ2v) is 10.4. The van der Waals surface area contributed by atoms with Crippen molar-refractivity contribution in [1.29, 1.82) is 0 Å². The van der Waals surface area contributed by atoms with Crippen LogP contribution in [0.15, 0.2) is 15.9 Å². The standard InChI is InChI=1S/C23H34N6O5/c1-22(33)13-34-23(6-9-28(10-7-23)19(30)15-5-4-8-24-12-15)11-16(22)29-14-25-18-17(29)20(31)27(3)21(32)26(18)2/h14-16,24,33H,4-13H2,1-3H3/t15-,16-,22-/m0/s1. The maximum absolute atomic E-state index is 13.0. The van der Waals surface area contributed by atoms with Crippen molar-refractivity contribution in [3.8, 4) is 0 Å². The molecule has 11 heteroatoms. The molecule has 2 aromatic heterocycles. The van der Waals surface area contributed by atoms with Gasteiger partial charge in [-0.05, 0) is 39.2 Å². The number of piperidine rings is 2. The number of ether oxygens (including phenoxy) is 1. The second kappa shape index (κ2) is 8.31. The zero-order valence-electron chi connectivity index (χ0n) is 20.1. The number of amides is 1. The summed E-state index contributed by atoms with van der Waals surface area (Å²) in [5.74, 6) is 0.259. The van der Waals surface area contributed by atoms with E-state index in [0.29, 0.717) is 43.5 Å². The van der Waals surface area contributed by atoms with E-state index < -0.39 is 28.5 Å². The number of aryl methyl sites for hydroxylation is 1. The van der Waals surface area contributed by atoms with Crippen LogP contribution in [0.2, 0.25) is 0 Å². The highest BCUT2D eigenvalue weighted by Crippen LogP contribution is 2.44. The Balaban J connectivity index is 1.41. The monoisotopic (exact) mass is 474 g/mol. The van der Waals surface area contributed by atoms with Gasteiger partial charge in [0, 0.05) is 40.2 Å². The molecule has 3 fully saturated rings. The van der Waals surface area contributed by atoms with Crippen molar-refractivity contribution in [3.63, 3.8) is 0 Å². The maximum Gasteiger partial charge on any atom is 0.332 e. The number of aromatic nitrogens is 4. The van der Waals surface area contributed by atoms with Crippen molar-refractivity contribution >= 4 is 17.1 Å². The zero-order valence-corrected chi connectivity index (χ0v) is 20.1. The van der Waals surface area contributed by atoms with Crippen LogP contribution in [0.5, 0.6) is 0 Å². The van der Waals surface area contributed by atoms with Gasteiger partial charge in [-0.1, -0.05) is 0 Å². The van der Waals surface area contributed by atoms with Gasteiger partial charge in [0.2, 0.25) is 5.91 Å². The first-order valence-corrected chi connectivity index (χ1v) is 12.1. The van der Waals surface area contributed by atoms with Gasteiger partial charge in [-0.3, -0.25) is 18.7 Å². The number of hydrogen-bond acceptors (Lipinski definition) is 7. The van der Waals surface area contributed by atoms with E-state index in [9.17, 15) is 19.5 Å². The quantitative estimate of drug-likeness (QED) is 0.602. The number of carbonyl (C=O) groups excluding carboxylic acids is 1. The van der Waals surface area contributed by atoms with Gasteiger partial charge in [0.1, 0.15) is 5.60 Å². The van der Waals surface area contributed by atoms with Gasteiger partial charge < -0.3 is 24.6 Å². The molecule has 3 aliphatic rings. The summed E-state index contributed by atoms with van der Waals surface area (Å²) in [5, 5.41) is 14.6. The number of imidazole rings is 1. The van der Waals surface area contributed by atoms with Crippen LogP contribution in [0.3, 0.4) is 0 Å². The fourth-order valence-electron chi connectivity index (χ4n) is 5.83. The minimum Gasteiger partial charge on any atom is -0.386 e. The number of likely N-dealkylation sites (tertiary alicyclic amines) is 1. The highest BCUT2D eigenvalue weighted by atomic mass is 16.5. The summed E-state index contributed by atoms with van der Waals surface area (Å²) >= 11 is 0. The fourth-order valence-corrected chi connectivity index (χ4v) is 5.83. The van der Waals surface area contributed by atoms with Gasteiger partial charge in [-0.2, -0.15) is 0 Å². The van der Waals surface area contributed by atoms with Crippen molar-refractivity contribution in [2.24, 2.45) is 20.0 Å². The van der Waals surface area contributed by atoms with E-state index in [2.05, 4.69) is 10.3 Å². The van der Waals surface area contributed by atoms with Crippen LogP contribution < -0.4 is 16.6 Å². The summed E-state index contributed by atoms with van der Waals surface area (Å²) in [7, 11) is 3.03. The third kappa shape index (κ3) is 3.70. The number of nitrogens with one attached hydrogen (secondary N) is 1. The molecule has 11 nitrogen and oxygen atoms in total. The van der Waals surface area contributed by atoms with Crippen molar-refractivity contribution < 1.29 is 14.6 Å². The molecule has 2 aromatic rings. The molecule has 3 saturated heterocycles. The maximum atomic E-state index is 13.0. The molecule has 2 N–H and O–H groups in total. The molecule has 0 bridgehead atoms. The largest absolute Gasteiger partial charge is 0.386 e. The molecular formula is C23H34N6O5. The number of carbonyl (C=O) groups is 1. The average molecular weight is 475 g/mol. The Morgan fingerprint density at radius 2 is 1.97 bits per heavy atom. The van der Waals surface area contributed by atoms with Crippen LogP contribution >= 0.6 is 0 Å². The molecule has 5 rings (SSSR count). The van der Waals surface area contributed by atoms with E-state index in [-0.39, 0.29) is 18.4 Å². The average Bonchev–Trinajstić information content (AvgIpc) is 3.29. The number of nitrogens with zero attached hydrogens (tertiary/aromatic N) is 5. The van der Waals surface area contributed by atoms with Crippen LogP contribution in [0.25, 0.3) is 11.2 Å². The van der Waals surface area contributed by atoms with Crippen LogP contribution in [-0.2, 0) is 23.6 Å². The molecule has 186 valence electrons. The third-order valence-corrected chi connectivity index (χ3v) is 8.10. The van der Waals surface area contributed by atoms with Crippen molar-refractivity contribution in [2.75, 3.05) is 32.8 Å². The van der Waals surface area contributed by atoms with Gasteiger partial charge in [-0.25, -0.2) is 9.78 Å². The fraction of sp³-hybridized carbons (Fsp3) is 0.739. The smallest absolute Gasteiger partial charge is 0.332 e. The van der Waals surface area contributed by atoms with Gasteiger partial charge in [-0.15, -0.1) is 0 Å². The Morgan fingerprint density at radius 3 is 2.65 bits per heavy atom. The predicted molar refractivity (Wildman–Crippen MR) is 125 cm³/mol. The van der Waals surface area contributed by atoms with Gasteiger partial charge in [0.05, 0.1) is 30.5 Å². The van der Waals surface area contributed by atoms with E-state index in [1.54, 1.807) is 24.9 Å². The second-order valence-electron chi connectivity index (χ2n) is 10.4. The van der Waals surface area contributed by atoms with Crippen LogP contribution in [0.1, 0.15) is 45.1 Å². The Kier molecular flexibility index (Phi) is 5.69. The molecule has 1 spiro atoms. The van der Waals surface area contributed by atoms with E-state index >= 15 is 0 Å². The summed E-state index contributed by atoms with van der Waals surface area (Å²) in [5.41, 5.74) is -2.00. The lowest BCUT2D eigenvalue weighted by atomic mass is 9.77. The van der Waals surface area contributed by atoms with E-state index in [1.807, 2.05) is 4.90 Å². The molecule has 3 atom stereocenters. The van der Waals surface area contributed by atoms with E-state index in [0.717, 1.165) is 30.5 Å². The third-order valence-electron chi connectivity index (χ3n) is 8.10. The summed E-state index contributed by atoms with van der Waals surface area (Å²) in [4.78, 5) is 44.6. The SMILES string of the molecule is Cn1c(=O)c2c(ncn2[C@H]2CC3(CCN(C(=O)[C@H]4CCCNC4)CC3)OC[C@]2(C)O)n(C)c1=O. The molecular weight excluding hydrogens is 440 g/mol. The normalized spacial score (nSPS) is 29.6. The van der Waals surface area contributed by atoms with Crippen LogP contribution in [0.4, 0.5) is 0 Å². The molecule has 3 aliphatic heterocycles. The molecule has 34 heavy (non-hydrogen) atoms. The first kappa shape index (κ1) is 23.3. The Morgan fingerprint density at radius 1 is 1.24 bits per heavy atom. The lowest BCUT2D eigenvalue weighted by Crippen LogP contribution is -2.58. The van der Waals surface area contributed by atoms with E-state index in [4.69, 9.17) is 4.74 Å². The zero-order chi connectivity index (χ0) is 24.3. The lowest BCUT2D eigenvalue weighted by molar-refractivity contribution is -0.201. The summed E-state index contributed by atoms with van der Waals surface area (Å²) < 4.78 is 10.4. The lowest BCUT2D eigenvalue weighted by Gasteiger charge is -2.51. The topological polar surface area (TPSA) is 124 Å². The Labute approximate surface area is 197 Å². The molecule has 5 heterocycles. The Bertz CT molecular complexity index is 1210. The van der Waals surface area contributed by atoms with Crippen molar-refractivity contribution in [2.45, 2.75) is 56.3 Å². The minimum absolute atomic E-state index is 0.0451. The predicted octanol–water partition coefficient (Wildman–Crippen LogP) is -0.493. The first-order valence-electron chi connectivity index (χ1n) is 12.1. The molecule has 0 saturated carbocycles. The van der Waals surface area contributed by atoms with Gasteiger partial charge in [0.25, 0.3) is 5.56 Å². The van der Waals surface area contributed by atoms with E-state index in [1.165, 1.54) is 11.6 Å². The van der Waals surface area contributed by atoms with Gasteiger partial charge >= 0.3 is 5.69 Å². The number of hydrogen-bond donors (Lipinski definition) is 2. The summed E-state index contributed by atoms with van der Waals surface area (Å²) in [6.45, 7) is 4.77. The first-order chi connectivity index (χ1) is 16.1. The van der Waals surface area contributed by atoms with Crippen LogP contribution in [-0.4, -0.2) is 78.6 Å². The Hall–Kier alpha value is -2.50. The molecule has 1 amide bonds.